The van der Waals surface area contributed by atoms with Gasteiger partial charge in [0.2, 0.25) is 17.7 Å². The van der Waals surface area contributed by atoms with Crippen molar-refractivity contribution >= 4 is 23.6 Å². The lowest BCUT2D eigenvalue weighted by atomic mass is 9.78. The molecule has 1 atom stereocenters. The largest absolute Gasteiger partial charge is 0.381 e. The average Bonchev–Trinajstić information content (AvgIpc) is 2.67. The Morgan fingerprint density at radius 2 is 1.76 bits per heavy atom. The fourth-order valence-electron chi connectivity index (χ4n) is 3.45. The Hall–Kier alpha value is -1.76. The Morgan fingerprint density at radius 3 is 2.38 bits per heavy atom. The summed E-state index contributed by atoms with van der Waals surface area (Å²) in [5.74, 6) is -1.54. The van der Waals surface area contributed by atoms with Crippen molar-refractivity contribution in [3.05, 3.63) is 0 Å². The highest BCUT2D eigenvalue weighted by Gasteiger charge is 2.59. The van der Waals surface area contributed by atoms with Gasteiger partial charge in [-0.25, -0.2) is 0 Å². The smallest absolute Gasteiger partial charge is 0.252 e. The monoisotopic (exact) mass is 294 g/mol. The molecule has 1 unspecified atom stereocenters. The van der Waals surface area contributed by atoms with Crippen molar-refractivity contribution in [2.24, 2.45) is 5.41 Å². The molecule has 0 aromatic heterocycles. The molecule has 1 N–H and O–H groups in total. The number of nitrogens with zero attached hydrogens (tertiary/aromatic N) is 1. The van der Waals surface area contributed by atoms with Gasteiger partial charge in [-0.1, -0.05) is 0 Å². The molecule has 1 spiro atoms. The van der Waals surface area contributed by atoms with Crippen LogP contribution in [0.1, 0.15) is 39.0 Å². The second-order valence-corrected chi connectivity index (χ2v) is 6.25. The standard InChI is InChI=1S/C14H18N2O5/c1-13(3-2-9(17)15-11(13)19)16-10(18)8-14(12(16)20)4-6-21-7-5-14/h2-8H2,1H3,(H,15,17,19). The van der Waals surface area contributed by atoms with E-state index in [9.17, 15) is 19.2 Å². The van der Waals surface area contributed by atoms with E-state index >= 15 is 0 Å². The van der Waals surface area contributed by atoms with Gasteiger partial charge in [-0.2, -0.15) is 0 Å². The van der Waals surface area contributed by atoms with Crippen molar-refractivity contribution in [2.45, 2.75) is 44.6 Å². The lowest BCUT2D eigenvalue weighted by Gasteiger charge is -2.40. The molecule has 3 aliphatic rings. The molecule has 114 valence electrons. The Bertz CT molecular complexity index is 537. The Morgan fingerprint density at radius 1 is 1.10 bits per heavy atom. The summed E-state index contributed by atoms with van der Waals surface area (Å²) in [6.07, 6.45) is 1.46. The number of imide groups is 2. The van der Waals surface area contributed by atoms with Gasteiger partial charge >= 0.3 is 0 Å². The highest BCUT2D eigenvalue weighted by Crippen LogP contribution is 2.45. The zero-order chi connectivity index (χ0) is 15.3. The quantitative estimate of drug-likeness (QED) is 0.672. The van der Waals surface area contributed by atoms with E-state index in [1.54, 1.807) is 6.92 Å². The maximum atomic E-state index is 12.8. The van der Waals surface area contributed by atoms with Crippen LogP contribution in [0, 0.1) is 5.41 Å². The van der Waals surface area contributed by atoms with Gasteiger partial charge in [-0.15, -0.1) is 0 Å². The molecular weight excluding hydrogens is 276 g/mol. The fourth-order valence-corrected chi connectivity index (χ4v) is 3.45. The SMILES string of the molecule is CC1(N2C(=O)CC3(CCOCC3)C2=O)CCC(=O)NC1=O. The van der Waals surface area contributed by atoms with Crippen molar-refractivity contribution in [1.29, 1.82) is 0 Å². The zero-order valence-electron chi connectivity index (χ0n) is 11.9. The number of hydrogen-bond donors (Lipinski definition) is 1. The fraction of sp³-hybridized carbons (Fsp3) is 0.714. The van der Waals surface area contributed by atoms with E-state index < -0.39 is 16.9 Å². The second-order valence-electron chi connectivity index (χ2n) is 6.25. The third kappa shape index (κ3) is 1.98. The van der Waals surface area contributed by atoms with Crippen molar-refractivity contribution in [3.8, 4) is 0 Å². The lowest BCUT2D eigenvalue weighted by Crippen LogP contribution is -2.63. The van der Waals surface area contributed by atoms with E-state index in [-0.39, 0.29) is 37.0 Å². The predicted molar refractivity (Wildman–Crippen MR) is 69.7 cm³/mol. The highest BCUT2D eigenvalue weighted by atomic mass is 16.5. The predicted octanol–water partition coefficient (Wildman–Crippen LogP) is -0.263. The summed E-state index contributed by atoms with van der Waals surface area (Å²) in [7, 11) is 0. The van der Waals surface area contributed by atoms with Crippen LogP contribution in [0.15, 0.2) is 0 Å². The highest BCUT2D eigenvalue weighted by molar-refractivity contribution is 6.12. The first-order chi connectivity index (χ1) is 9.89. The van der Waals surface area contributed by atoms with E-state index in [0.717, 1.165) is 4.90 Å². The van der Waals surface area contributed by atoms with E-state index in [0.29, 0.717) is 26.1 Å². The Balaban J connectivity index is 1.91. The molecule has 21 heavy (non-hydrogen) atoms. The Kier molecular flexibility index (Phi) is 3.12. The van der Waals surface area contributed by atoms with Gasteiger partial charge in [-0.3, -0.25) is 29.4 Å². The van der Waals surface area contributed by atoms with Crippen LogP contribution in [0.2, 0.25) is 0 Å². The van der Waals surface area contributed by atoms with Crippen LogP contribution in [0.3, 0.4) is 0 Å². The molecule has 0 aliphatic carbocycles. The van der Waals surface area contributed by atoms with Crippen LogP contribution in [-0.2, 0) is 23.9 Å². The molecule has 3 rings (SSSR count). The first-order valence-corrected chi connectivity index (χ1v) is 7.19. The zero-order valence-corrected chi connectivity index (χ0v) is 11.9. The minimum atomic E-state index is -1.26. The van der Waals surface area contributed by atoms with E-state index in [2.05, 4.69) is 5.32 Å². The first kappa shape index (κ1) is 14.2. The molecule has 7 nitrogen and oxygen atoms in total. The molecule has 3 fully saturated rings. The summed E-state index contributed by atoms with van der Waals surface area (Å²) in [5.41, 5.74) is -1.98. The summed E-state index contributed by atoms with van der Waals surface area (Å²) in [4.78, 5) is 49.8. The van der Waals surface area contributed by atoms with Crippen molar-refractivity contribution in [2.75, 3.05) is 13.2 Å². The van der Waals surface area contributed by atoms with Gasteiger partial charge in [0.15, 0.2) is 0 Å². The summed E-state index contributed by atoms with van der Waals surface area (Å²) in [5, 5.41) is 2.23. The van der Waals surface area contributed by atoms with Gasteiger partial charge in [0, 0.05) is 26.1 Å². The maximum Gasteiger partial charge on any atom is 0.252 e. The van der Waals surface area contributed by atoms with Gasteiger partial charge in [-0.05, 0) is 26.2 Å². The summed E-state index contributed by atoms with van der Waals surface area (Å²) < 4.78 is 5.27. The number of amides is 4. The van der Waals surface area contributed by atoms with Crippen molar-refractivity contribution in [3.63, 3.8) is 0 Å². The van der Waals surface area contributed by atoms with Crippen molar-refractivity contribution in [1.82, 2.24) is 10.2 Å². The Labute approximate surface area is 122 Å². The van der Waals surface area contributed by atoms with Gasteiger partial charge in [0.1, 0.15) is 5.54 Å². The average molecular weight is 294 g/mol. The maximum absolute atomic E-state index is 12.8. The van der Waals surface area contributed by atoms with Crippen molar-refractivity contribution < 1.29 is 23.9 Å². The normalized spacial score (nSPS) is 32.7. The third-order valence-corrected chi connectivity index (χ3v) is 4.92. The minimum absolute atomic E-state index is 0.131. The van der Waals surface area contributed by atoms with Gasteiger partial charge < -0.3 is 4.74 Å². The molecule has 0 aromatic carbocycles. The number of likely N-dealkylation sites (tertiary alicyclic amines) is 1. The molecular formula is C14H18N2O5. The molecule has 0 radical (unpaired) electrons. The summed E-state index contributed by atoms with van der Waals surface area (Å²) >= 11 is 0. The minimum Gasteiger partial charge on any atom is -0.381 e. The summed E-state index contributed by atoms with van der Waals surface area (Å²) in [6, 6.07) is 0. The molecule has 3 saturated heterocycles. The topological polar surface area (TPSA) is 92.8 Å². The van der Waals surface area contributed by atoms with Gasteiger partial charge in [0.25, 0.3) is 5.91 Å². The molecule has 3 heterocycles. The van der Waals surface area contributed by atoms with Crippen LogP contribution in [-0.4, -0.2) is 47.3 Å². The molecule has 0 aromatic rings. The van der Waals surface area contributed by atoms with Crippen LogP contribution >= 0.6 is 0 Å². The van der Waals surface area contributed by atoms with Crippen LogP contribution in [0.4, 0.5) is 0 Å². The molecule has 4 amide bonds. The second kappa shape index (κ2) is 4.62. The van der Waals surface area contributed by atoms with Crippen LogP contribution in [0.5, 0.6) is 0 Å². The summed E-state index contributed by atoms with van der Waals surface area (Å²) in [6.45, 7) is 2.46. The van der Waals surface area contributed by atoms with E-state index in [1.807, 2.05) is 0 Å². The first-order valence-electron chi connectivity index (χ1n) is 7.19. The molecule has 3 aliphatic heterocycles. The number of rotatable bonds is 1. The number of carbonyl (C=O) groups excluding carboxylic acids is 4. The third-order valence-electron chi connectivity index (χ3n) is 4.92. The van der Waals surface area contributed by atoms with E-state index in [4.69, 9.17) is 4.74 Å². The van der Waals surface area contributed by atoms with Gasteiger partial charge in [0.05, 0.1) is 5.41 Å². The molecule has 0 saturated carbocycles. The number of hydrogen-bond acceptors (Lipinski definition) is 5. The van der Waals surface area contributed by atoms with Crippen LogP contribution < -0.4 is 5.32 Å². The van der Waals surface area contributed by atoms with E-state index in [1.165, 1.54) is 0 Å². The molecule has 0 bridgehead atoms. The number of carbonyl (C=O) groups is 4. The number of ether oxygens (including phenoxy) is 1. The van der Waals surface area contributed by atoms with Crippen LogP contribution in [0.25, 0.3) is 0 Å². The number of nitrogens with one attached hydrogen (secondary N) is 1. The lowest BCUT2D eigenvalue weighted by molar-refractivity contribution is -0.160. The molecule has 7 heteroatoms. The number of piperidine rings is 1.